The van der Waals surface area contributed by atoms with Crippen LogP contribution < -0.4 is 4.74 Å². The Morgan fingerprint density at radius 1 is 0.960 bits per heavy atom. The van der Waals surface area contributed by atoms with Gasteiger partial charge in [-0.25, -0.2) is 19.9 Å². The lowest BCUT2D eigenvalue weighted by atomic mass is 10.3. The first kappa shape index (κ1) is 18.8. The van der Waals surface area contributed by atoms with E-state index < -0.39 is 4.92 Å². The lowest BCUT2D eigenvalue weighted by Crippen LogP contribution is -1.90. The van der Waals surface area contributed by atoms with E-state index in [0.29, 0.717) is 10.9 Å². The minimum absolute atomic E-state index is 0.00179. The molecule has 0 aliphatic heterocycles. The second-order valence-electron chi connectivity index (χ2n) is 4.18. The fourth-order valence-corrected chi connectivity index (χ4v) is 1.91. The summed E-state index contributed by atoms with van der Waals surface area (Å²) in [6.45, 7) is 0. The Balaban J connectivity index is 0.000000236. The van der Waals surface area contributed by atoms with Gasteiger partial charge in [0.1, 0.15) is 22.4 Å². The first-order chi connectivity index (χ1) is 11.9. The van der Waals surface area contributed by atoms with Gasteiger partial charge in [0.05, 0.1) is 4.92 Å². The average molecular weight is 401 g/mol. The molecule has 0 spiro atoms. The molecule has 0 amide bonds. The smallest absolute Gasteiger partial charge is 0.269 e. The average Bonchev–Trinajstić information content (AvgIpc) is 2.56. The number of halogens is 3. The molecule has 0 unspecified atom stereocenters. The molecular weight excluding hydrogens is 393 g/mol. The summed E-state index contributed by atoms with van der Waals surface area (Å²) >= 11 is 16.4. The van der Waals surface area contributed by atoms with Crippen LogP contribution >= 0.6 is 34.8 Å². The molecule has 2 aromatic heterocycles. The molecule has 3 aromatic rings. The van der Waals surface area contributed by atoms with Gasteiger partial charge in [-0.05, 0) is 29.8 Å². The molecule has 0 aliphatic rings. The van der Waals surface area contributed by atoms with Crippen LogP contribution in [-0.4, -0.2) is 24.9 Å². The second-order valence-corrected chi connectivity index (χ2v) is 5.29. The largest absolute Gasteiger partial charge is 0.439 e. The number of non-ortho nitro benzene ring substituents is 1. The number of nitro groups is 1. The van der Waals surface area contributed by atoms with E-state index in [-0.39, 0.29) is 22.0 Å². The van der Waals surface area contributed by atoms with E-state index in [9.17, 15) is 10.1 Å². The molecule has 0 N–H and O–H groups in total. The third-order valence-electron chi connectivity index (χ3n) is 2.47. The van der Waals surface area contributed by atoms with E-state index in [0.717, 1.165) is 0 Å². The number of hydrogen-bond acceptors (Lipinski definition) is 7. The van der Waals surface area contributed by atoms with Crippen molar-refractivity contribution in [3.8, 4) is 11.6 Å². The van der Waals surface area contributed by atoms with Crippen molar-refractivity contribution in [3.63, 3.8) is 0 Å². The second kappa shape index (κ2) is 9.07. The van der Waals surface area contributed by atoms with Crippen molar-refractivity contribution in [2.75, 3.05) is 0 Å². The minimum atomic E-state index is -0.481. The zero-order chi connectivity index (χ0) is 18.2. The van der Waals surface area contributed by atoms with Crippen molar-refractivity contribution < 1.29 is 9.66 Å². The zero-order valence-corrected chi connectivity index (χ0v) is 14.5. The van der Waals surface area contributed by atoms with Crippen LogP contribution in [-0.2, 0) is 0 Å². The van der Waals surface area contributed by atoms with E-state index in [1.54, 1.807) is 6.07 Å². The van der Waals surface area contributed by atoms with E-state index in [1.165, 1.54) is 42.9 Å². The highest BCUT2D eigenvalue weighted by atomic mass is 35.5. The summed E-state index contributed by atoms with van der Waals surface area (Å²) in [5, 5.41) is 11.2. The molecule has 0 atom stereocenters. The third-order valence-corrected chi connectivity index (χ3v) is 3.07. The van der Waals surface area contributed by atoms with Gasteiger partial charge in [0.25, 0.3) is 5.69 Å². The van der Waals surface area contributed by atoms with Crippen molar-refractivity contribution in [2.24, 2.45) is 0 Å². The summed E-state index contributed by atoms with van der Waals surface area (Å²) in [6.07, 6.45) is 2.76. The van der Waals surface area contributed by atoms with Crippen LogP contribution in [0.1, 0.15) is 0 Å². The summed E-state index contributed by atoms with van der Waals surface area (Å²) in [5.74, 6) is 0.712. The minimum Gasteiger partial charge on any atom is -0.439 e. The lowest BCUT2D eigenvalue weighted by Gasteiger charge is -2.03. The number of benzene rings is 1. The monoisotopic (exact) mass is 399 g/mol. The van der Waals surface area contributed by atoms with Crippen molar-refractivity contribution in [1.82, 2.24) is 19.9 Å². The van der Waals surface area contributed by atoms with Gasteiger partial charge in [-0.15, -0.1) is 0 Å². The zero-order valence-electron chi connectivity index (χ0n) is 12.2. The van der Waals surface area contributed by atoms with Gasteiger partial charge in [-0.2, -0.15) is 0 Å². The van der Waals surface area contributed by atoms with E-state index in [4.69, 9.17) is 39.5 Å². The molecule has 0 radical (unpaired) electrons. The first-order valence-electron chi connectivity index (χ1n) is 6.48. The van der Waals surface area contributed by atoms with Gasteiger partial charge in [0, 0.05) is 24.4 Å². The number of nitrogens with zero attached hydrogens (tertiary/aromatic N) is 5. The van der Waals surface area contributed by atoms with Crippen LogP contribution in [0.4, 0.5) is 5.69 Å². The third kappa shape index (κ3) is 6.46. The standard InChI is InChI=1S/C10H6ClN3O3.C4H2Cl2N2/c11-9-5-10(13-6-12-9)17-8-3-1-7(2-4-8)14(15)16;5-3-1-2-7-4(6)8-3/h1-6H;1-2H. The number of nitro benzene ring substituents is 1. The molecule has 2 heterocycles. The Kier molecular flexibility index (Phi) is 6.81. The quantitative estimate of drug-likeness (QED) is 0.273. The normalized spacial score (nSPS) is 9.72. The lowest BCUT2D eigenvalue weighted by molar-refractivity contribution is -0.384. The maximum atomic E-state index is 10.4. The summed E-state index contributed by atoms with van der Waals surface area (Å²) in [7, 11) is 0. The van der Waals surface area contributed by atoms with Crippen molar-refractivity contribution in [2.45, 2.75) is 0 Å². The van der Waals surface area contributed by atoms with E-state index in [1.807, 2.05) is 0 Å². The van der Waals surface area contributed by atoms with Crippen molar-refractivity contribution in [1.29, 1.82) is 0 Å². The molecule has 25 heavy (non-hydrogen) atoms. The SMILES string of the molecule is Clc1ccnc(Cl)n1.O=[N+]([O-])c1ccc(Oc2cc(Cl)ncn2)cc1. The molecule has 11 heteroatoms. The van der Waals surface area contributed by atoms with Gasteiger partial charge in [-0.1, -0.05) is 23.2 Å². The van der Waals surface area contributed by atoms with Crippen LogP contribution in [0, 0.1) is 10.1 Å². The Labute approximate surface area is 156 Å². The van der Waals surface area contributed by atoms with Gasteiger partial charge in [0.15, 0.2) is 0 Å². The van der Waals surface area contributed by atoms with Gasteiger partial charge in [0.2, 0.25) is 11.2 Å². The van der Waals surface area contributed by atoms with Crippen LogP contribution in [0.3, 0.4) is 0 Å². The summed E-state index contributed by atoms with van der Waals surface area (Å²) in [6, 6.07) is 8.66. The van der Waals surface area contributed by atoms with Crippen LogP contribution in [0.15, 0.2) is 48.9 Å². The predicted molar refractivity (Wildman–Crippen MR) is 92.3 cm³/mol. The molecule has 0 fully saturated rings. The Morgan fingerprint density at radius 2 is 1.68 bits per heavy atom. The maximum Gasteiger partial charge on any atom is 0.269 e. The van der Waals surface area contributed by atoms with Gasteiger partial charge in [-0.3, -0.25) is 10.1 Å². The number of hydrogen-bond donors (Lipinski definition) is 0. The van der Waals surface area contributed by atoms with E-state index >= 15 is 0 Å². The molecule has 0 aliphatic carbocycles. The Bertz CT molecular complexity index is 847. The molecule has 0 saturated heterocycles. The van der Waals surface area contributed by atoms with Crippen LogP contribution in [0.25, 0.3) is 0 Å². The number of aromatic nitrogens is 4. The topological polar surface area (TPSA) is 104 Å². The number of rotatable bonds is 3. The first-order valence-corrected chi connectivity index (χ1v) is 7.61. The van der Waals surface area contributed by atoms with Gasteiger partial charge >= 0.3 is 0 Å². The maximum absolute atomic E-state index is 10.4. The molecule has 128 valence electrons. The predicted octanol–water partition coefficient (Wildman–Crippen LogP) is 4.61. The highest BCUT2D eigenvalue weighted by Crippen LogP contribution is 2.23. The fraction of sp³-hybridized carbons (Fsp3) is 0. The molecule has 0 bridgehead atoms. The number of ether oxygens (including phenoxy) is 1. The van der Waals surface area contributed by atoms with Crippen molar-refractivity contribution in [3.05, 3.63) is 74.6 Å². The molecule has 0 saturated carbocycles. The van der Waals surface area contributed by atoms with Crippen LogP contribution in [0.2, 0.25) is 15.6 Å². The summed E-state index contributed by atoms with van der Waals surface area (Å²) in [5.41, 5.74) is -0.00179. The molecule has 3 rings (SSSR count). The fourth-order valence-electron chi connectivity index (χ4n) is 1.44. The van der Waals surface area contributed by atoms with E-state index in [2.05, 4.69) is 19.9 Å². The Hall–Kier alpha value is -2.55. The highest BCUT2D eigenvalue weighted by molar-refractivity contribution is 6.31. The molecule has 1 aromatic carbocycles. The molecular formula is C14H8Cl3N5O3. The highest BCUT2D eigenvalue weighted by Gasteiger charge is 2.05. The van der Waals surface area contributed by atoms with Gasteiger partial charge < -0.3 is 4.74 Å². The summed E-state index contributed by atoms with van der Waals surface area (Å²) < 4.78 is 5.34. The Morgan fingerprint density at radius 3 is 2.20 bits per heavy atom. The molecule has 8 nitrogen and oxygen atoms in total. The van der Waals surface area contributed by atoms with Crippen LogP contribution in [0.5, 0.6) is 11.6 Å². The van der Waals surface area contributed by atoms with Crippen molar-refractivity contribution >= 4 is 40.5 Å². The summed E-state index contributed by atoms with van der Waals surface area (Å²) in [4.78, 5) is 24.7.